The van der Waals surface area contributed by atoms with Crippen LogP contribution in [-0.2, 0) is 4.74 Å². The quantitative estimate of drug-likeness (QED) is 0.428. The molecule has 0 bridgehead atoms. The number of benzene rings is 2. The summed E-state index contributed by atoms with van der Waals surface area (Å²) in [5, 5.41) is 9.03. The highest BCUT2D eigenvalue weighted by molar-refractivity contribution is 8.76. The van der Waals surface area contributed by atoms with Gasteiger partial charge in [-0.15, -0.1) is 0 Å². The van der Waals surface area contributed by atoms with Crippen molar-refractivity contribution in [2.75, 3.05) is 18.6 Å². The normalized spacial score (nSPS) is 10.3. The second-order valence-electron chi connectivity index (χ2n) is 4.47. The number of ether oxygens (including phenoxy) is 1. The van der Waals surface area contributed by atoms with E-state index in [9.17, 15) is 9.59 Å². The molecule has 0 amide bonds. The second-order valence-corrected chi connectivity index (χ2v) is 6.68. The average molecular weight is 350 g/mol. The summed E-state index contributed by atoms with van der Waals surface area (Å²) in [6, 6.07) is 9.30. The highest BCUT2D eigenvalue weighted by atomic mass is 33.1. The van der Waals surface area contributed by atoms with Crippen LogP contribution in [0.25, 0.3) is 0 Å². The van der Waals surface area contributed by atoms with E-state index in [-0.39, 0.29) is 5.56 Å². The van der Waals surface area contributed by atoms with Crippen molar-refractivity contribution in [3.05, 3.63) is 47.5 Å². The monoisotopic (exact) mass is 350 g/mol. The Balaban J connectivity index is 2.22. The van der Waals surface area contributed by atoms with Gasteiger partial charge in [-0.05, 0) is 36.4 Å². The minimum absolute atomic E-state index is 0.151. The molecule has 23 heavy (non-hydrogen) atoms. The van der Waals surface area contributed by atoms with Gasteiger partial charge in [-0.25, -0.2) is 9.59 Å². The molecule has 0 aliphatic carbocycles. The predicted octanol–water partition coefficient (Wildman–Crippen LogP) is 3.14. The number of carboxylic acid groups (broad SMARTS) is 1. The number of hydrogen-bond donors (Lipinski definition) is 3. The predicted molar refractivity (Wildman–Crippen MR) is 91.7 cm³/mol. The highest BCUT2D eigenvalue weighted by Gasteiger charge is 2.12. The number of anilines is 2. The van der Waals surface area contributed by atoms with Crippen molar-refractivity contribution in [2.45, 2.75) is 9.79 Å². The molecule has 0 aliphatic rings. The third kappa shape index (κ3) is 4.11. The Bertz CT molecular complexity index is 765. The van der Waals surface area contributed by atoms with Crippen molar-refractivity contribution < 1.29 is 19.4 Å². The summed E-state index contributed by atoms with van der Waals surface area (Å²) >= 11 is 0. The summed E-state index contributed by atoms with van der Waals surface area (Å²) in [5.74, 6) is -1.48. The van der Waals surface area contributed by atoms with Crippen molar-refractivity contribution in [2.24, 2.45) is 0 Å². The number of hydrogen-bond acceptors (Lipinski definition) is 7. The van der Waals surface area contributed by atoms with Crippen LogP contribution in [0.2, 0.25) is 0 Å². The first-order chi connectivity index (χ1) is 10.9. The number of carbonyl (C=O) groups is 2. The smallest absolute Gasteiger partial charge is 0.337 e. The third-order valence-electron chi connectivity index (χ3n) is 2.92. The number of methoxy groups -OCH3 is 1. The van der Waals surface area contributed by atoms with E-state index in [0.29, 0.717) is 26.7 Å². The Kier molecular flexibility index (Phi) is 5.41. The lowest BCUT2D eigenvalue weighted by Crippen LogP contribution is -2.02. The number of nitrogens with two attached hydrogens (primary N) is 2. The second kappa shape index (κ2) is 7.30. The first-order valence-electron chi connectivity index (χ1n) is 6.37. The molecule has 2 rings (SSSR count). The van der Waals surface area contributed by atoms with Gasteiger partial charge in [0.2, 0.25) is 0 Å². The largest absolute Gasteiger partial charge is 0.478 e. The Morgan fingerprint density at radius 1 is 0.957 bits per heavy atom. The van der Waals surface area contributed by atoms with Crippen molar-refractivity contribution in [3.8, 4) is 0 Å². The van der Waals surface area contributed by atoms with E-state index in [1.807, 2.05) is 0 Å². The molecule has 2 aromatic carbocycles. The van der Waals surface area contributed by atoms with E-state index >= 15 is 0 Å². The van der Waals surface area contributed by atoms with E-state index in [1.54, 1.807) is 24.3 Å². The lowest BCUT2D eigenvalue weighted by molar-refractivity contribution is 0.0599. The third-order valence-corrected chi connectivity index (χ3v) is 5.39. The molecular weight excluding hydrogens is 336 g/mol. The van der Waals surface area contributed by atoms with Gasteiger partial charge in [0.05, 0.1) is 18.2 Å². The first kappa shape index (κ1) is 17.0. The number of carboxylic acids is 1. The number of esters is 1. The number of aromatic carboxylic acids is 1. The van der Waals surface area contributed by atoms with E-state index in [4.69, 9.17) is 16.6 Å². The standard InChI is InChI=1S/C15H14N2O4S2/c1-21-15(20)9-3-5-11(17)13(7-9)23-22-12-6-8(14(18)19)2-4-10(12)16/h2-7H,16-17H2,1H3,(H,18,19). The zero-order valence-corrected chi connectivity index (χ0v) is 13.7. The number of carbonyl (C=O) groups excluding carboxylic acids is 1. The molecule has 0 aliphatic heterocycles. The molecule has 0 spiro atoms. The van der Waals surface area contributed by atoms with Crippen LogP contribution in [0.3, 0.4) is 0 Å². The molecule has 5 N–H and O–H groups in total. The molecule has 0 fully saturated rings. The van der Waals surface area contributed by atoms with Crippen molar-refractivity contribution in [3.63, 3.8) is 0 Å². The zero-order valence-electron chi connectivity index (χ0n) is 12.1. The molecule has 6 nitrogen and oxygen atoms in total. The average Bonchev–Trinajstić information content (AvgIpc) is 2.54. The van der Waals surface area contributed by atoms with Crippen LogP contribution in [0.1, 0.15) is 20.7 Å². The van der Waals surface area contributed by atoms with Gasteiger partial charge in [0.1, 0.15) is 0 Å². The van der Waals surface area contributed by atoms with Crippen LogP contribution >= 0.6 is 21.6 Å². The van der Waals surface area contributed by atoms with Crippen LogP contribution in [0.4, 0.5) is 11.4 Å². The molecule has 120 valence electrons. The van der Waals surface area contributed by atoms with Gasteiger partial charge in [0.15, 0.2) is 0 Å². The fourth-order valence-electron chi connectivity index (χ4n) is 1.68. The van der Waals surface area contributed by atoms with E-state index in [0.717, 1.165) is 0 Å². The SMILES string of the molecule is COC(=O)c1ccc(N)c(SSc2cc(C(=O)O)ccc2N)c1. The van der Waals surface area contributed by atoms with Gasteiger partial charge in [-0.2, -0.15) is 0 Å². The van der Waals surface area contributed by atoms with E-state index < -0.39 is 11.9 Å². The van der Waals surface area contributed by atoms with Crippen LogP contribution < -0.4 is 11.5 Å². The highest BCUT2D eigenvalue weighted by Crippen LogP contribution is 2.42. The Labute approximate surface area is 140 Å². The molecule has 0 heterocycles. The lowest BCUT2D eigenvalue weighted by Gasteiger charge is -2.09. The van der Waals surface area contributed by atoms with Crippen molar-refractivity contribution >= 4 is 44.9 Å². The molecule has 0 aromatic heterocycles. The molecule has 0 atom stereocenters. The summed E-state index contributed by atoms with van der Waals surface area (Å²) in [4.78, 5) is 23.9. The Hall–Kier alpha value is -2.32. The molecule has 2 aromatic rings. The van der Waals surface area contributed by atoms with Crippen LogP contribution in [-0.4, -0.2) is 24.2 Å². The Morgan fingerprint density at radius 3 is 1.91 bits per heavy atom. The number of nitrogen functional groups attached to an aromatic ring is 2. The maximum Gasteiger partial charge on any atom is 0.337 e. The zero-order chi connectivity index (χ0) is 17.0. The summed E-state index contributed by atoms with van der Waals surface area (Å²) in [5.41, 5.74) is 13.3. The maximum absolute atomic E-state index is 11.6. The Morgan fingerprint density at radius 2 is 1.43 bits per heavy atom. The molecule has 0 saturated heterocycles. The van der Waals surface area contributed by atoms with Gasteiger partial charge < -0.3 is 21.3 Å². The van der Waals surface area contributed by atoms with Gasteiger partial charge in [0.25, 0.3) is 0 Å². The fourth-order valence-corrected chi connectivity index (χ4v) is 3.94. The minimum atomic E-state index is -1.02. The van der Waals surface area contributed by atoms with Crippen molar-refractivity contribution in [1.29, 1.82) is 0 Å². The minimum Gasteiger partial charge on any atom is -0.478 e. The van der Waals surface area contributed by atoms with Crippen LogP contribution in [0.15, 0.2) is 46.2 Å². The molecule has 0 unspecified atom stereocenters. The molecule has 8 heteroatoms. The maximum atomic E-state index is 11.6. The van der Waals surface area contributed by atoms with Gasteiger partial charge in [-0.1, -0.05) is 21.6 Å². The summed E-state index contributed by atoms with van der Waals surface area (Å²) in [6.45, 7) is 0. The summed E-state index contributed by atoms with van der Waals surface area (Å²) in [7, 11) is 3.86. The summed E-state index contributed by atoms with van der Waals surface area (Å²) < 4.78 is 4.67. The van der Waals surface area contributed by atoms with Gasteiger partial charge in [-0.3, -0.25) is 0 Å². The van der Waals surface area contributed by atoms with E-state index in [2.05, 4.69) is 4.74 Å². The summed E-state index contributed by atoms with van der Waals surface area (Å²) in [6.07, 6.45) is 0. The molecular formula is C15H14N2O4S2. The van der Waals surface area contributed by atoms with Gasteiger partial charge >= 0.3 is 11.9 Å². The first-order valence-corrected chi connectivity index (χ1v) is 8.52. The van der Waals surface area contributed by atoms with Crippen molar-refractivity contribution in [1.82, 2.24) is 0 Å². The lowest BCUT2D eigenvalue weighted by atomic mass is 10.2. The molecule has 0 radical (unpaired) electrons. The van der Waals surface area contributed by atoms with Crippen LogP contribution in [0, 0.1) is 0 Å². The topological polar surface area (TPSA) is 116 Å². The van der Waals surface area contributed by atoms with E-state index in [1.165, 1.54) is 40.8 Å². The van der Waals surface area contributed by atoms with Crippen LogP contribution in [0.5, 0.6) is 0 Å². The number of rotatable bonds is 5. The van der Waals surface area contributed by atoms with Gasteiger partial charge in [0, 0.05) is 21.2 Å². The fraction of sp³-hybridized carbons (Fsp3) is 0.0667. The molecule has 0 saturated carbocycles.